The molecule has 0 aliphatic carbocycles. The van der Waals surface area contributed by atoms with Gasteiger partial charge in [-0.15, -0.1) is 0 Å². The maximum Gasteiger partial charge on any atom is 0.124 e. The highest BCUT2D eigenvalue weighted by atomic mass is 16.3. The fourth-order valence-electron chi connectivity index (χ4n) is 15.4. The Labute approximate surface area is 680 Å². The maximum absolute atomic E-state index is 11.1. The first-order valence-electron chi connectivity index (χ1n) is 40.5. The van der Waals surface area contributed by atoms with E-state index in [9.17, 15) is 5.11 Å². The minimum absolute atomic E-state index is 0.00486. The molecule has 576 valence electrons. The number of benzene rings is 10. The van der Waals surface area contributed by atoms with Gasteiger partial charge in [-0.2, -0.15) is 0 Å². The van der Waals surface area contributed by atoms with E-state index in [-0.39, 0.29) is 38.2 Å². The van der Waals surface area contributed by atoms with Gasteiger partial charge < -0.3 is 5.11 Å². The zero-order valence-electron chi connectivity index (χ0n) is 71.6. The highest BCUT2D eigenvalue weighted by molar-refractivity contribution is 5.86. The van der Waals surface area contributed by atoms with Crippen molar-refractivity contribution in [3.05, 3.63) is 328 Å². The summed E-state index contributed by atoms with van der Waals surface area (Å²) in [5.41, 5.74) is 39.0. The van der Waals surface area contributed by atoms with Crippen LogP contribution in [0.25, 0.3) is 135 Å². The summed E-state index contributed by atoms with van der Waals surface area (Å²) in [7, 11) is 0. The molecule has 0 aliphatic heterocycles. The van der Waals surface area contributed by atoms with Crippen LogP contribution >= 0.6 is 0 Å². The Balaban J connectivity index is 0.000000199. The summed E-state index contributed by atoms with van der Waals surface area (Å²) in [6.45, 7) is 52.2. The van der Waals surface area contributed by atoms with Gasteiger partial charge in [0.05, 0.1) is 45.6 Å². The van der Waals surface area contributed by atoms with Gasteiger partial charge in [0.2, 0.25) is 0 Å². The van der Waals surface area contributed by atoms with Crippen LogP contribution in [0.4, 0.5) is 0 Å². The fourth-order valence-corrected chi connectivity index (χ4v) is 15.4. The lowest BCUT2D eigenvalue weighted by Crippen LogP contribution is -2.16. The summed E-state index contributed by atoms with van der Waals surface area (Å²) in [4.78, 5) is 21.3. The first kappa shape index (κ1) is 80.6. The van der Waals surface area contributed by atoms with Crippen LogP contribution in [0.5, 0.6) is 5.75 Å². The second-order valence-electron chi connectivity index (χ2n) is 37.8. The summed E-state index contributed by atoms with van der Waals surface area (Å²) >= 11 is 0. The van der Waals surface area contributed by atoms with Gasteiger partial charge in [-0.05, 0) is 246 Å². The average Bonchev–Trinajstić information content (AvgIpc) is 0.781. The molecule has 0 saturated heterocycles. The molecule has 0 radical (unpaired) electrons. The van der Waals surface area contributed by atoms with Gasteiger partial charge in [-0.3, -0.25) is 0 Å². The Kier molecular flexibility index (Phi) is 22.3. The monoisotopic (exact) mass is 1490 g/mol. The van der Waals surface area contributed by atoms with Crippen LogP contribution in [0.2, 0.25) is 0 Å². The third kappa shape index (κ3) is 18.1. The Morgan fingerprint density at radius 3 is 0.737 bits per heavy atom. The van der Waals surface area contributed by atoms with Crippen molar-refractivity contribution in [2.75, 3.05) is 0 Å². The molecular formula is C109H114N4O. The van der Waals surface area contributed by atoms with E-state index in [1.807, 2.05) is 24.3 Å². The summed E-state index contributed by atoms with van der Waals surface area (Å²) in [6.07, 6.45) is 0. The highest BCUT2D eigenvalue weighted by Gasteiger charge is 2.27. The van der Waals surface area contributed by atoms with Crippen LogP contribution in [-0.4, -0.2) is 25.0 Å². The first-order chi connectivity index (χ1) is 53.7. The summed E-state index contributed by atoms with van der Waals surface area (Å²) in [5, 5.41) is 11.1. The van der Waals surface area contributed by atoms with Gasteiger partial charge in [0.1, 0.15) is 5.75 Å². The Bertz CT molecular complexity index is 5440. The van der Waals surface area contributed by atoms with Gasteiger partial charge in [-0.1, -0.05) is 319 Å². The molecule has 0 unspecified atom stereocenters. The Morgan fingerprint density at radius 2 is 0.421 bits per heavy atom. The number of para-hydroxylation sites is 1. The van der Waals surface area contributed by atoms with Crippen LogP contribution in [0.1, 0.15) is 186 Å². The van der Waals surface area contributed by atoms with Crippen molar-refractivity contribution in [1.82, 2.24) is 19.9 Å². The number of nitrogens with zero attached hydrogens (tertiary/aromatic N) is 4. The van der Waals surface area contributed by atoms with Gasteiger partial charge in [0.25, 0.3) is 0 Å². The van der Waals surface area contributed by atoms with Gasteiger partial charge in [0.15, 0.2) is 0 Å². The minimum atomic E-state index is -0.0351. The van der Waals surface area contributed by atoms with Crippen molar-refractivity contribution in [1.29, 1.82) is 0 Å². The molecule has 5 nitrogen and oxygen atoms in total. The first-order valence-corrected chi connectivity index (χ1v) is 40.5. The average molecular weight is 1500 g/mol. The molecule has 0 spiro atoms. The summed E-state index contributed by atoms with van der Waals surface area (Å²) in [5.74, 6) is 0.205. The van der Waals surface area contributed by atoms with Crippen molar-refractivity contribution in [3.63, 3.8) is 0 Å². The van der Waals surface area contributed by atoms with Crippen molar-refractivity contribution in [3.8, 4) is 140 Å². The Morgan fingerprint density at radius 1 is 0.184 bits per heavy atom. The lowest BCUT2D eigenvalue weighted by Gasteiger charge is -2.26. The lowest BCUT2D eigenvalue weighted by molar-refractivity contribution is 0.477. The molecule has 0 amide bonds. The number of rotatable bonds is 12. The molecule has 5 heteroatoms. The predicted octanol–water partition coefficient (Wildman–Crippen LogP) is 30.0. The van der Waals surface area contributed by atoms with Gasteiger partial charge >= 0.3 is 0 Å². The van der Waals surface area contributed by atoms with Gasteiger partial charge in [-0.25, -0.2) is 19.9 Å². The van der Waals surface area contributed by atoms with Crippen molar-refractivity contribution in [2.45, 2.75) is 192 Å². The summed E-state index contributed by atoms with van der Waals surface area (Å²) < 4.78 is 0. The van der Waals surface area contributed by atoms with Crippen molar-refractivity contribution < 1.29 is 5.11 Å². The molecular weight excluding hydrogens is 1380 g/mol. The molecule has 114 heavy (non-hydrogen) atoms. The molecule has 0 saturated carbocycles. The molecule has 1 N–H and O–H groups in total. The molecule has 0 bridgehead atoms. The highest BCUT2D eigenvalue weighted by Crippen LogP contribution is 2.45. The molecule has 0 aliphatic rings. The van der Waals surface area contributed by atoms with Crippen molar-refractivity contribution >= 4 is 0 Å². The molecule has 10 aromatic carbocycles. The number of hydrogen-bond acceptors (Lipinski definition) is 5. The SMILES string of the molecule is Cc1cc(C(C)(C)C)cc(C)c1-c1cc(-c2ccccc2)nc(-c2cccc(-c3cc(-c4cc(C(C)(C)C)cc(C(C)(C)C)c4)cc(-c4ccccc4O)n3)c2)c1.Cc1ccccc1-c1cc(-c2cc(C(C)(C)C)cc(C(C)(C)C)c2)cc(-c2cccc(-c3cc(-c4c(C)cc(C(C)(C)C)cc4C)cc(-c4ccccc4)n3)c2)n1. The van der Waals surface area contributed by atoms with E-state index in [1.54, 1.807) is 6.07 Å². The zero-order valence-corrected chi connectivity index (χ0v) is 71.6. The predicted molar refractivity (Wildman–Crippen MR) is 487 cm³/mol. The maximum atomic E-state index is 11.1. The number of phenols is 1. The summed E-state index contributed by atoms with van der Waals surface area (Å²) in [6, 6.07) is 95.8. The standard InChI is InChI=1S/C55H58N2.C54H56N2O/c1-35-19-16-17-24-47(35)51-31-42(41-28-45(54(7,8)9)34-46(29-41)55(10,11)12)30-49(57-51)39-22-18-23-40(27-39)50-33-43(32-48(56-50)38-20-14-13-15-21-38)52-36(2)25-44(26-37(52)3)53(4,5)6;1-34-24-42(52(3,4)5)25-35(2)51(34)41-31-46(36-18-13-12-14-19-36)55-48(32-41)38-21-17-20-37(26-38)47-29-40(30-49(56-47)45-22-15-16-23-50(45)57)39-27-43(53(6,7)8)33-44(28-39)54(9,10)11/h13-34H,1-12H3;12-33,57H,1-11H3. The topological polar surface area (TPSA) is 71.8 Å². The Hall–Kier alpha value is -11.4. The number of aryl methyl sites for hydroxylation is 5. The van der Waals surface area contributed by atoms with Crippen LogP contribution < -0.4 is 0 Å². The molecule has 14 rings (SSSR count). The molecule has 4 aromatic heterocycles. The zero-order chi connectivity index (χ0) is 81.7. The number of pyridine rings is 4. The second kappa shape index (κ2) is 31.5. The van der Waals surface area contributed by atoms with Gasteiger partial charge in [0, 0.05) is 44.5 Å². The third-order valence-electron chi connectivity index (χ3n) is 22.3. The number of hydrogen-bond donors (Lipinski definition) is 1. The lowest BCUT2D eigenvalue weighted by atomic mass is 9.79. The van der Waals surface area contributed by atoms with E-state index in [1.165, 1.54) is 83.5 Å². The second-order valence-corrected chi connectivity index (χ2v) is 37.8. The van der Waals surface area contributed by atoms with Crippen LogP contribution in [-0.2, 0) is 32.5 Å². The number of phenolic OH excluding ortho intramolecular Hbond substituents is 1. The molecule has 14 aromatic rings. The fraction of sp³-hybridized carbons (Fsp3) is 0.266. The van der Waals surface area contributed by atoms with Crippen LogP contribution in [0.3, 0.4) is 0 Å². The van der Waals surface area contributed by atoms with E-state index >= 15 is 0 Å². The smallest absolute Gasteiger partial charge is 0.124 e. The number of aromatic hydroxyl groups is 1. The molecule has 0 fully saturated rings. The van der Waals surface area contributed by atoms with E-state index in [0.717, 1.165) is 107 Å². The van der Waals surface area contributed by atoms with E-state index < -0.39 is 0 Å². The third-order valence-corrected chi connectivity index (χ3v) is 22.3. The van der Waals surface area contributed by atoms with E-state index in [4.69, 9.17) is 19.9 Å². The molecule has 4 heterocycles. The van der Waals surface area contributed by atoms with Crippen LogP contribution in [0, 0.1) is 34.6 Å². The van der Waals surface area contributed by atoms with Crippen molar-refractivity contribution in [2.24, 2.45) is 0 Å². The van der Waals surface area contributed by atoms with Crippen LogP contribution in [0.15, 0.2) is 267 Å². The minimum Gasteiger partial charge on any atom is -0.507 e. The largest absolute Gasteiger partial charge is 0.507 e. The number of aromatic nitrogens is 4. The van der Waals surface area contributed by atoms with E-state index in [0.29, 0.717) is 5.56 Å². The van der Waals surface area contributed by atoms with E-state index in [2.05, 4.69) is 396 Å². The normalized spacial score (nSPS) is 12.2. The molecule has 0 atom stereocenters. The quantitative estimate of drug-likeness (QED) is 0.132.